The van der Waals surface area contributed by atoms with Gasteiger partial charge in [-0.05, 0) is 32.7 Å². The molecule has 0 aliphatic carbocycles. The summed E-state index contributed by atoms with van der Waals surface area (Å²) in [5.74, 6) is 0. The zero-order valence-corrected chi connectivity index (χ0v) is 11.8. The summed E-state index contributed by atoms with van der Waals surface area (Å²) >= 11 is 0. The van der Waals surface area contributed by atoms with Crippen LogP contribution in [0.2, 0.25) is 0 Å². The summed E-state index contributed by atoms with van der Waals surface area (Å²) in [7, 11) is 2.08. The number of hydrogen-bond donors (Lipinski definition) is 1. The van der Waals surface area contributed by atoms with Gasteiger partial charge >= 0.3 is 0 Å². The molecule has 0 aromatic heterocycles. The van der Waals surface area contributed by atoms with Gasteiger partial charge in [0.1, 0.15) is 0 Å². The monoisotopic (exact) mass is 241 g/mol. The van der Waals surface area contributed by atoms with Crippen LogP contribution >= 0.6 is 0 Å². The Labute approximate surface area is 108 Å². The Kier molecular flexibility index (Phi) is 8.72. The molecule has 1 saturated heterocycles. The van der Waals surface area contributed by atoms with Crippen molar-refractivity contribution in [2.24, 2.45) is 0 Å². The van der Waals surface area contributed by atoms with E-state index in [2.05, 4.69) is 19.3 Å². The van der Waals surface area contributed by atoms with Crippen molar-refractivity contribution in [2.45, 2.75) is 83.3 Å². The summed E-state index contributed by atoms with van der Waals surface area (Å²) in [6.45, 7) is 3.25. The van der Waals surface area contributed by atoms with Crippen molar-refractivity contribution in [3.8, 4) is 0 Å². The molecule has 0 bridgehead atoms. The fourth-order valence-corrected chi connectivity index (χ4v) is 2.74. The molecule has 1 aliphatic heterocycles. The minimum Gasteiger partial charge on any atom is -0.377 e. The van der Waals surface area contributed by atoms with E-state index in [0.717, 1.165) is 6.61 Å². The van der Waals surface area contributed by atoms with Crippen molar-refractivity contribution in [1.82, 2.24) is 5.32 Å². The Balaban J connectivity index is 2.05. The molecule has 0 aromatic rings. The van der Waals surface area contributed by atoms with Crippen molar-refractivity contribution in [3.05, 3.63) is 0 Å². The van der Waals surface area contributed by atoms with Gasteiger partial charge in [0.05, 0.1) is 6.10 Å². The molecule has 2 unspecified atom stereocenters. The molecule has 0 saturated carbocycles. The second-order valence-electron chi connectivity index (χ2n) is 5.36. The fourth-order valence-electron chi connectivity index (χ4n) is 2.74. The van der Waals surface area contributed by atoms with Crippen molar-refractivity contribution in [2.75, 3.05) is 13.7 Å². The molecule has 17 heavy (non-hydrogen) atoms. The molecule has 1 aliphatic rings. The summed E-state index contributed by atoms with van der Waals surface area (Å²) in [4.78, 5) is 0. The van der Waals surface area contributed by atoms with Gasteiger partial charge in [-0.1, -0.05) is 45.4 Å². The summed E-state index contributed by atoms with van der Waals surface area (Å²) in [5.41, 5.74) is 0. The molecule has 0 aromatic carbocycles. The van der Waals surface area contributed by atoms with Gasteiger partial charge in [-0.3, -0.25) is 0 Å². The van der Waals surface area contributed by atoms with E-state index in [0.29, 0.717) is 12.1 Å². The van der Waals surface area contributed by atoms with E-state index in [9.17, 15) is 0 Å². The number of unbranched alkanes of at least 4 members (excludes halogenated alkanes) is 5. The minimum atomic E-state index is 0.476. The van der Waals surface area contributed by atoms with Gasteiger partial charge in [0.2, 0.25) is 0 Å². The van der Waals surface area contributed by atoms with E-state index in [1.54, 1.807) is 0 Å². The summed E-state index contributed by atoms with van der Waals surface area (Å²) in [6.07, 6.45) is 13.9. The molecule has 1 fully saturated rings. The normalized spacial score (nSPS) is 22.6. The number of hydrogen-bond acceptors (Lipinski definition) is 2. The largest absolute Gasteiger partial charge is 0.377 e. The van der Waals surface area contributed by atoms with Crippen LogP contribution in [0.3, 0.4) is 0 Å². The van der Waals surface area contributed by atoms with E-state index in [1.165, 1.54) is 64.2 Å². The Morgan fingerprint density at radius 2 is 1.88 bits per heavy atom. The van der Waals surface area contributed by atoms with Gasteiger partial charge in [-0.2, -0.15) is 0 Å². The maximum Gasteiger partial charge on any atom is 0.0727 e. The summed E-state index contributed by atoms with van der Waals surface area (Å²) < 4.78 is 5.86. The van der Waals surface area contributed by atoms with Crippen LogP contribution in [0.15, 0.2) is 0 Å². The van der Waals surface area contributed by atoms with Crippen molar-refractivity contribution >= 4 is 0 Å². The van der Waals surface area contributed by atoms with E-state index >= 15 is 0 Å². The van der Waals surface area contributed by atoms with Crippen molar-refractivity contribution in [1.29, 1.82) is 0 Å². The third-order valence-electron chi connectivity index (χ3n) is 3.90. The highest BCUT2D eigenvalue weighted by molar-refractivity contribution is 4.78. The molecule has 1 rings (SSSR count). The topological polar surface area (TPSA) is 21.3 Å². The van der Waals surface area contributed by atoms with Gasteiger partial charge < -0.3 is 10.1 Å². The lowest BCUT2D eigenvalue weighted by molar-refractivity contribution is -0.00816. The smallest absolute Gasteiger partial charge is 0.0727 e. The van der Waals surface area contributed by atoms with E-state index in [1.807, 2.05) is 0 Å². The highest BCUT2D eigenvalue weighted by atomic mass is 16.5. The molecule has 0 spiro atoms. The number of rotatable bonds is 9. The third kappa shape index (κ3) is 6.42. The second kappa shape index (κ2) is 9.90. The Morgan fingerprint density at radius 1 is 1.12 bits per heavy atom. The maximum atomic E-state index is 5.86. The Bertz CT molecular complexity index is 166. The minimum absolute atomic E-state index is 0.476. The first kappa shape index (κ1) is 15.0. The van der Waals surface area contributed by atoms with E-state index in [4.69, 9.17) is 4.74 Å². The molecular weight excluding hydrogens is 210 g/mol. The number of nitrogens with one attached hydrogen (secondary N) is 1. The summed E-state index contributed by atoms with van der Waals surface area (Å²) in [6, 6.07) is 0.585. The lowest BCUT2D eigenvalue weighted by Crippen LogP contribution is -2.41. The zero-order chi connectivity index (χ0) is 12.3. The van der Waals surface area contributed by atoms with Gasteiger partial charge in [-0.25, -0.2) is 0 Å². The van der Waals surface area contributed by atoms with E-state index < -0.39 is 0 Å². The average molecular weight is 241 g/mol. The van der Waals surface area contributed by atoms with Crippen LogP contribution in [0, 0.1) is 0 Å². The first-order valence-electron chi connectivity index (χ1n) is 7.67. The van der Waals surface area contributed by atoms with Gasteiger partial charge in [0.25, 0.3) is 0 Å². The first-order chi connectivity index (χ1) is 8.38. The molecule has 0 amide bonds. The lowest BCUT2D eigenvalue weighted by Gasteiger charge is -2.30. The molecule has 0 radical (unpaired) electrons. The predicted octanol–water partition coefficient (Wildman–Crippen LogP) is 3.89. The predicted molar refractivity (Wildman–Crippen MR) is 74.4 cm³/mol. The zero-order valence-electron chi connectivity index (χ0n) is 11.8. The Hall–Kier alpha value is -0.0800. The van der Waals surface area contributed by atoms with Gasteiger partial charge in [-0.15, -0.1) is 0 Å². The van der Waals surface area contributed by atoms with Crippen LogP contribution in [0.1, 0.15) is 71.1 Å². The molecule has 2 atom stereocenters. The third-order valence-corrected chi connectivity index (χ3v) is 3.90. The molecule has 1 N–H and O–H groups in total. The Morgan fingerprint density at radius 3 is 2.53 bits per heavy atom. The number of likely N-dealkylation sites (N-methyl/N-ethyl adjacent to an activating group) is 1. The average Bonchev–Trinajstić information content (AvgIpc) is 2.39. The van der Waals surface area contributed by atoms with Crippen LogP contribution in [0.25, 0.3) is 0 Å². The van der Waals surface area contributed by atoms with Gasteiger partial charge in [0.15, 0.2) is 0 Å². The lowest BCUT2D eigenvalue weighted by atomic mass is 9.97. The van der Waals surface area contributed by atoms with Crippen LogP contribution < -0.4 is 5.32 Å². The summed E-state index contributed by atoms with van der Waals surface area (Å²) in [5, 5.41) is 3.45. The fraction of sp³-hybridized carbons (Fsp3) is 1.00. The SMILES string of the molecule is CCCCCCCCC(NC)C1CCCCO1. The molecule has 1 heterocycles. The second-order valence-corrected chi connectivity index (χ2v) is 5.36. The highest BCUT2D eigenvalue weighted by Crippen LogP contribution is 2.19. The van der Waals surface area contributed by atoms with Crippen LogP contribution in [0.5, 0.6) is 0 Å². The molecule has 102 valence electrons. The molecular formula is C15H31NO. The standard InChI is InChI=1S/C15H31NO/c1-3-4-5-6-7-8-11-14(16-2)15-12-9-10-13-17-15/h14-16H,3-13H2,1-2H3. The first-order valence-corrected chi connectivity index (χ1v) is 7.67. The van der Waals surface area contributed by atoms with Crippen LogP contribution in [-0.4, -0.2) is 25.8 Å². The molecule has 2 nitrogen and oxygen atoms in total. The maximum absolute atomic E-state index is 5.86. The molecule has 2 heteroatoms. The van der Waals surface area contributed by atoms with Gasteiger partial charge in [0, 0.05) is 12.6 Å². The van der Waals surface area contributed by atoms with Crippen LogP contribution in [-0.2, 0) is 4.74 Å². The van der Waals surface area contributed by atoms with Crippen LogP contribution in [0.4, 0.5) is 0 Å². The number of ether oxygens (including phenoxy) is 1. The quantitative estimate of drug-likeness (QED) is 0.618. The van der Waals surface area contributed by atoms with Crippen molar-refractivity contribution < 1.29 is 4.74 Å². The highest BCUT2D eigenvalue weighted by Gasteiger charge is 2.22. The van der Waals surface area contributed by atoms with E-state index in [-0.39, 0.29) is 0 Å². The van der Waals surface area contributed by atoms with Crippen molar-refractivity contribution in [3.63, 3.8) is 0 Å².